The summed E-state index contributed by atoms with van der Waals surface area (Å²) in [5, 5.41) is 2.72. The highest BCUT2D eigenvalue weighted by Crippen LogP contribution is 2.45. The van der Waals surface area contributed by atoms with E-state index >= 15 is 0 Å². The Balaban J connectivity index is 3.50. The normalized spacial score (nSPS) is 14.5. The molecule has 0 amide bonds. The molecule has 132 valence electrons. The number of halogens is 6. The van der Waals surface area contributed by atoms with Crippen LogP contribution in [0.3, 0.4) is 0 Å². The molecule has 1 unspecified atom stereocenters. The van der Waals surface area contributed by atoms with E-state index in [1.807, 2.05) is 0 Å². The number of alkyl halides is 6. The summed E-state index contributed by atoms with van der Waals surface area (Å²) in [6.45, 7) is 4.99. The molecule has 0 aliphatic rings. The van der Waals surface area contributed by atoms with Crippen LogP contribution >= 0.6 is 0 Å². The molecule has 0 aliphatic heterocycles. The zero-order chi connectivity index (χ0) is 18.1. The second-order valence-electron chi connectivity index (χ2n) is 5.85. The maximum Gasteiger partial charge on any atom is 0.573 e. The number of hydrogen-bond donors (Lipinski definition) is 1. The lowest BCUT2D eigenvalue weighted by Crippen LogP contribution is -2.32. The Morgan fingerprint density at radius 3 is 1.52 bits per heavy atom. The average molecular weight is 345 g/mol. The van der Waals surface area contributed by atoms with Crippen molar-refractivity contribution in [3.8, 4) is 11.5 Å². The third kappa shape index (κ3) is 5.81. The van der Waals surface area contributed by atoms with E-state index in [1.54, 1.807) is 20.8 Å². The first-order chi connectivity index (χ1) is 10.2. The second kappa shape index (κ2) is 6.46. The van der Waals surface area contributed by atoms with Gasteiger partial charge in [0.2, 0.25) is 0 Å². The quantitative estimate of drug-likeness (QED) is 0.796. The monoisotopic (exact) mass is 345 g/mol. The Hall–Kier alpha value is -1.64. The Labute approximate surface area is 129 Å². The van der Waals surface area contributed by atoms with Crippen molar-refractivity contribution in [2.24, 2.45) is 5.41 Å². The predicted octanol–water partition coefficient (Wildman–Crippen LogP) is 4.79. The van der Waals surface area contributed by atoms with E-state index < -0.39 is 35.7 Å². The molecule has 1 aromatic rings. The number of hydrogen-bond acceptors (Lipinski definition) is 3. The van der Waals surface area contributed by atoms with Crippen molar-refractivity contribution >= 4 is 0 Å². The summed E-state index contributed by atoms with van der Waals surface area (Å²) >= 11 is 0. The molecule has 23 heavy (non-hydrogen) atoms. The van der Waals surface area contributed by atoms with Crippen molar-refractivity contribution in [3.05, 3.63) is 23.8 Å². The molecule has 0 radical (unpaired) electrons. The van der Waals surface area contributed by atoms with Gasteiger partial charge in [0.05, 0.1) is 5.56 Å². The number of rotatable bonds is 4. The molecular weight excluding hydrogens is 328 g/mol. The summed E-state index contributed by atoms with van der Waals surface area (Å²) in [6.07, 6.45) is -10.1. The molecule has 0 spiro atoms. The minimum absolute atomic E-state index is 0.350. The van der Waals surface area contributed by atoms with Crippen molar-refractivity contribution in [2.45, 2.75) is 39.5 Å². The summed E-state index contributed by atoms with van der Waals surface area (Å²) in [7, 11) is 1.43. The number of ether oxygens (including phenoxy) is 2. The molecule has 1 atom stereocenters. The summed E-state index contributed by atoms with van der Waals surface area (Å²) < 4.78 is 83.1. The van der Waals surface area contributed by atoms with Crippen LogP contribution in [0.2, 0.25) is 0 Å². The fourth-order valence-electron chi connectivity index (χ4n) is 2.25. The maximum atomic E-state index is 12.5. The van der Waals surface area contributed by atoms with Crippen LogP contribution in [0, 0.1) is 5.41 Å². The molecule has 0 aromatic heterocycles. The number of nitrogens with one attached hydrogen (secondary N) is 1. The van der Waals surface area contributed by atoms with Crippen LogP contribution in [0.15, 0.2) is 18.2 Å². The van der Waals surface area contributed by atoms with Gasteiger partial charge in [0.25, 0.3) is 0 Å². The minimum Gasteiger partial charge on any atom is -0.405 e. The van der Waals surface area contributed by atoms with Gasteiger partial charge in [0.15, 0.2) is 0 Å². The average Bonchev–Trinajstić information content (AvgIpc) is 2.27. The van der Waals surface area contributed by atoms with Crippen LogP contribution < -0.4 is 14.8 Å². The highest BCUT2D eigenvalue weighted by Gasteiger charge is 2.39. The molecule has 0 aliphatic carbocycles. The summed E-state index contributed by atoms with van der Waals surface area (Å²) in [5.74, 6) is -1.48. The van der Waals surface area contributed by atoms with E-state index in [0.717, 1.165) is 18.2 Å². The molecule has 1 rings (SSSR count). The highest BCUT2D eigenvalue weighted by molar-refractivity contribution is 5.48. The zero-order valence-electron chi connectivity index (χ0n) is 12.9. The van der Waals surface area contributed by atoms with Crippen molar-refractivity contribution in [1.29, 1.82) is 0 Å². The summed E-state index contributed by atoms with van der Waals surface area (Å²) in [4.78, 5) is 0. The van der Waals surface area contributed by atoms with Crippen molar-refractivity contribution in [3.63, 3.8) is 0 Å². The van der Waals surface area contributed by atoms with Crippen LogP contribution in [0.5, 0.6) is 11.5 Å². The fraction of sp³-hybridized carbons (Fsp3) is 0.571. The Kier molecular flexibility index (Phi) is 5.45. The third-order valence-corrected chi connectivity index (χ3v) is 2.92. The Morgan fingerprint density at radius 1 is 0.870 bits per heavy atom. The fourth-order valence-corrected chi connectivity index (χ4v) is 2.25. The van der Waals surface area contributed by atoms with Gasteiger partial charge in [0.1, 0.15) is 11.5 Å². The second-order valence-corrected chi connectivity index (χ2v) is 5.85. The van der Waals surface area contributed by atoms with E-state index in [9.17, 15) is 26.3 Å². The predicted molar refractivity (Wildman–Crippen MR) is 71.1 cm³/mol. The standard InChI is InChI=1S/C14H17F6NO2/c1-12(2,3)11(21-4)10-8(22-13(15,16)17)6-5-7-9(10)23-14(18,19)20/h5-7,11,21H,1-4H3. The lowest BCUT2D eigenvalue weighted by atomic mass is 9.81. The number of benzene rings is 1. The van der Waals surface area contributed by atoms with Gasteiger partial charge in [-0.1, -0.05) is 26.8 Å². The SMILES string of the molecule is CNC(c1c(OC(F)(F)F)cccc1OC(F)(F)F)C(C)(C)C. The van der Waals surface area contributed by atoms with Gasteiger partial charge < -0.3 is 14.8 Å². The van der Waals surface area contributed by atoms with Crippen LogP contribution in [0.25, 0.3) is 0 Å². The van der Waals surface area contributed by atoms with E-state index in [2.05, 4.69) is 14.8 Å². The van der Waals surface area contributed by atoms with Gasteiger partial charge in [0, 0.05) is 6.04 Å². The van der Waals surface area contributed by atoms with Crippen molar-refractivity contribution < 1.29 is 35.8 Å². The topological polar surface area (TPSA) is 30.5 Å². The molecule has 0 fully saturated rings. The third-order valence-electron chi connectivity index (χ3n) is 2.92. The van der Waals surface area contributed by atoms with Crippen LogP contribution in [-0.2, 0) is 0 Å². The maximum absolute atomic E-state index is 12.5. The largest absolute Gasteiger partial charge is 0.573 e. The van der Waals surface area contributed by atoms with Crippen molar-refractivity contribution in [2.75, 3.05) is 7.05 Å². The minimum atomic E-state index is -5.04. The summed E-state index contributed by atoms with van der Waals surface area (Å²) in [5.41, 5.74) is -1.05. The van der Waals surface area contributed by atoms with Gasteiger partial charge in [-0.3, -0.25) is 0 Å². The van der Waals surface area contributed by atoms with Gasteiger partial charge in [-0.2, -0.15) is 0 Å². The smallest absolute Gasteiger partial charge is 0.405 e. The van der Waals surface area contributed by atoms with E-state index in [-0.39, 0.29) is 5.56 Å². The van der Waals surface area contributed by atoms with E-state index in [4.69, 9.17) is 0 Å². The molecule has 3 nitrogen and oxygen atoms in total. The Bertz CT molecular complexity index is 499. The van der Waals surface area contributed by atoms with Gasteiger partial charge in [-0.05, 0) is 24.6 Å². The molecule has 9 heteroatoms. The van der Waals surface area contributed by atoms with Gasteiger partial charge in [-0.25, -0.2) is 0 Å². The molecule has 0 heterocycles. The lowest BCUT2D eigenvalue weighted by Gasteiger charge is -2.33. The molecule has 0 saturated carbocycles. The molecule has 0 saturated heterocycles. The van der Waals surface area contributed by atoms with Crippen molar-refractivity contribution in [1.82, 2.24) is 5.32 Å². The molecule has 1 N–H and O–H groups in total. The molecular formula is C14H17F6NO2. The lowest BCUT2D eigenvalue weighted by molar-refractivity contribution is -0.277. The first-order valence-corrected chi connectivity index (χ1v) is 6.56. The molecule has 1 aromatic carbocycles. The van der Waals surface area contributed by atoms with E-state index in [0.29, 0.717) is 0 Å². The Morgan fingerprint density at radius 2 is 1.26 bits per heavy atom. The molecule has 0 bridgehead atoms. The zero-order valence-corrected chi connectivity index (χ0v) is 12.9. The van der Waals surface area contributed by atoms with E-state index in [1.165, 1.54) is 7.05 Å². The van der Waals surface area contributed by atoms with Gasteiger partial charge in [-0.15, -0.1) is 26.3 Å². The van der Waals surface area contributed by atoms with Gasteiger partial charge >= 0.3 is 12.7 Å². The van der Waals surface area contributed by atoms with Crippen LogP contribution in [-0.4, -0.2) is 19.8 Å². The first kappa shape index (κ1) is 19.4. The highest BCUT2D eigenvalue weighted by atomic mass is 19.4. The summed E-state index contributed by atoms with van der Waals surface area (Å²) in [6, 6.07) is 2.02. The van der Waals surface area contributed by atoms with Crippen LogP contribution in [0.4, 0.5) is 26.3 Å². The first-order valence-electron chi connectivity index (χ1n) is 6.56. The van der Waals surface area contributed by atoms with Crippen LogP contribution in [0.1, 0.15) is 32.4 Å².